The van der Waals surface area contributed by atoms with E-state index in [0.717, 1.165) is 39.7 Å². The zero-order valence-corrected chi connectivity index (χ0v) is 16.9. The van der Waals surface area contributed by atoms with Gasteiger partial charge in [0.05, 0.1) is 17.0 Å². The number of pyridine rings is 1. The zero-order valence-electron chi connectivity index (χ0n) is 16.1. The highest BCUT2D eigenvalue weighted by Gasteiger charge is 2.32. The van der Waals surface area contributed by atoms with Crippen molar-refractivity contribution in [1.82, 2.24) is 14.9 Å². The molecule has 0 saturated carbocycles. The van der Waals surface area contributed by atoms with Gasteiger partial charge in [-0.2, -0.15) is 0 Å². The van der Waals surface area contributed by atoms with Gasteiger partial charge in [-0.25, -0.2) is 4.98 Å². The molecule has 1 fully saturated rings. The Morgan fingerprint density at radius 1 is 1.44 bits per heavy atom. The molecule has 3 heterocycles. The van der Waals surface area contributed by atoms with Crippen LogP contribution in [-0.2, 0) is 16.0 Å². The standard InChI is InChI=1S/C20H26N4O2S/c1-4-12(2)15-10-14(7-8-22-15)19-13(3)23-17(27-19)11-18(25)24-9-5-6-16(24)20(21)26/h7-8,10,12,16H,4-6,9,11H2,1-3H3,(H2,21,26)/t12?,16-/m0/s1. The summed E-state index contributed by atoms with van der Waals surface area (Å²) in [6, 6.07) is 3.63. The Kier molecular flexibility index (Phi) is 5.89. The molecule has 1 saturated heterocycles. The lowest BCUT2D eigenvalue weighted by atomic mass is 10.0. The van der Waals surface area contributed by atoms with Crippen molar-refractivity contribution in [3.8, 4) is 10.4 Å². The molecule has 0 aromatic carbocycles. The summed E-state index contributed by atoms with van der Waals surface area (Å²) in [6.45, 7) is 6.87. The number of carbonyl (C=O) groups excluding carboxylic acids is 2. The van der Waals surface area contributed by atoms with Crippen molar-refractivity contribution >= 4 is 23.2 Å². The summed E-state index contributed by atoms with van der Waals surface area (Å²) in [4.78, 5) is 35.9. The molecule has 27 heavy (non-hydrogen) atoms. The maximum atomic E-state index is 12.6. The number of thiazole rings is 1. The van der Waals surface area contributed by atoms with Crippen molar-refractivity contribution in [3.05, 3.63) is 34.7 Å². The zero-order chi connectivity index (χ0) is 19.6. The molecule has 2 aromatic rings. The minimum Gasteiger partial charge on any atom is -0.368 e. The molecule has 2 N–H and O–H groups in total. The molecule has 6 nitrogen and oxygen atoms in total. The van der Waals surface area contributed by atoms with Gasteiger partial charge >= 0.3 is 0 Å². The van der Waals surface area contributed by atoms with Crippen LogP contribution in [0.3, 0.4) is 0 Å². The molecule has 0 spiro atoms. The van der Waals surface area contributed by atoms with Crippen LogP contribution in [-0.4, -0.2) is 39.3 Å². The third kappa shape index (κ3) is 4.18. The molecule has 144 valence electrons. The number of hydrogen-bond acceptors (Lipinski definition) is 5. The van der Waals surface area contributed by atoms with E-state index in [9.17, 15) is 9.59 Å². The Morgan fingerprint density at radius 2 is 2.22 bits per heavy atom. The fourth-order valence-corrected chi connectivity index (χ4v) is 4.51. The van der Waals surface area contributed by atoms with Crippen LogP contribution in [0.4, 0.5) is 0 Å². The van der Waals surface area contributed by atoms with Gasteiger partial charge in [0.1, 0.15) is 11.0 Å². The molecule has 0 radical (unpaired) electrons. The van der Waals surface area contributed by atoms with Crippen LogP contribution >= 0.6 is 11.3 Å². The molecular formula is C20H26N4O2S. The van der Waals surface area contributed by atoms with Crippen LogP contribution in [0.5, 0.6) is 0 Å². The van der Waals surface area contributed by atoms with Gasteiger partial charge in [-0.1, -0.05) is 13.8 Å². The average molecular weight is 387 g/mol. The molecule has 1 aliphatic rings. The monoisotopic (exact) mass is 386 g/mol. The first-order valence-electron chi connectivity index (χ1n) is 9.42. The molecule has 3 rings (SSSR count). The van der Waals surface area contributed by atoms with E-state index < -0.39 is 11.9 Å². The van der Waals surface area contributed by atoms with E-state index in [0.29, 0.717) is 18.9 Å². The van der Waals surface area contributed by atoms with E-state index in [1.807, 2.05) is 19.2 Å². The normalized spacial score (nSPS) is 17.9. The van der Waals surface area contributed by atoms with Crippen molar-refractivity contribution in [2.24, 2.45) is 5.73 Å². The fourth-order valence-electron chi connectivity index (χ4n) is 3.46. The number of aromatic nitrogens is 2. The number of carbonyl (C=O) groups is 2. The highest BCUT2D eigenvalue weighted by molar-refractivity contribution is 7.15. The quantitative estimate of drug-likeness (QED) is 0.826. The highest BCUT2D eigenvalue weighted by atomic mass is 32.1. The van der Waals surface area contributed by atoms with Crippen molar-refractivity contribution in [3.63, 3.8) is 0 Å². The van der Waals surface area contributed by atoms with E-state index in [4.69, 9.17) is 5.73 Å². The fraction of sp³-hybridized carbons (Fsp3) is 0.500. The number of nitrogens with zero attached hydrogens (tertiary/aromatic N) is 3. The first-order chi connectivity index (χ1) is 12.9. The lowest BCUT2D eigenvalue weighted by Gasteiger charge is -2.21. The first kappa shape index (κ1) is 19.5. The largest absolute Gasteiger partial charge is 0.368 e. The minimum atomic E-state index is -0.476. The Bertz CT molecular complexity index is 848. The van der Waals surface area contributed by atoms with Gasteiger partial charge in [-0.15, -0.1) is 11.3 Å². The molecule has 2 aromatic heterocycles. The van der Waals surface area contributed by atoms with Crippen LogP contribution in [0, 0.1) is 6.92 Å². The topological polar surface area (TPSA) is 89.2 Å². The summed E-state index contributed by atoms with van der Waals surface area (Å²) in [6.07, 6.45) is 4.55. The molecule has 0 aliphatic carbocycles. The molecule has 0 bridgehead atoms. The first-order valence-corrected chi connectivity index (χ1v) is 10.2. The number of rotatable bonds is 6. The van der Waals surface area contributed by atoms with E-state index in [2.05, 4.69) is 29.9 Å². The molecule has 2 amide bonds. The lowest BCUT2D eigenvalue weighted by Crippen LogP contribution is -2.44. The number of likely N-dealkylation sites (tertiary alicyclic amines) is 1. The van der Waals surface area contributed by atoms with Crippen LogP contribution in [0.25, 0.3) is 10.4 Å². The van der Waals surface area contributed by atoms with Crippen molar-refractivity contribution in [2.45, 2.75) is 58.4 Å². The average Bonchev–Trinajstić information content (AvgIpc) is 3.28. The van der Waals surface area contributed by atoms with Crippen LogP contribution in [0.15, 0.2) is 18.3 Å². The number of amides is 2. The smallest absolute Gasteiger partial charge is 0.240 e. The molecule has 1 aliphatic heterocycles. The number of hydrogen-bond donors (Lipinski definition) is 1. The predicted molar refractivity (Wildman–Crippen MR) is 106 cm³/mol. The maximum absolute atomic E-state index is 12.6. The third-order valence-corrected chi connectivity index (χ3v) is 6.41. The Morgan fingerprint density at radius 3 is 2.93 bits per heavy atom. The SMILES string of the molecule is CCC(C)c1cc(-c2sc(CC(=O)N3CCC[C@H]3C(N)=O)nc2C)ccn1. The summed E-state index contributed by atoms with van der Waals surface area (Å²) >= 11 is 1.53. The molecule has 2 atom stereocenters. The van der Waals surface area contributed by atoms with Crippen molar-refractivity contribution in [1.29, 1.82) is 0 Å². The van der Waals surface area contributed by atoms with Crippen LogP contribution < -0.4 is 5.73 Å². The Labute approximate surface area is 163 Å². The summed E-state index contributed by atoms with van der Waals surface area (Å²) in [5.41, 5.74) is 8.49. The van der Waals surface area contributed by atoms with E-state index in [1.165, 1.54) is 11.3 Å². The van der Waals surface area contributed by atoms with Crippen LogP contribution in [0.2, 0.25) is 0 Å². The van der Waals surface area contributed by atoms with Crippen molar-refractivity contribution in [2.75, 3.05) is 6.54 Å². The third-order valence-electron chi connectivity index (χ3n) is 5.21. The Balaban J connectivity index is 1.79. The van der Waals surface area contributed by atoms with Gasteiger partial charge in [0, 0.05) is 18.4 Å². The molecule has 7 heteroatoms. The van der Waals surface area contributed by atoms with Gasteiger partial charge in [0.25, 0.3) is 0 Å². The van der Waals surface area contributed by atoms with E-state index >= 15 is 0 Å². The second-order valence-electron chi connectivity index (χ2n) is 7.13. The van der Waals surface area contributed by atoms with Gasteiger partial charge in [-0.3, -0.25) is 14.6 Å². The number of primary amides is 1. The second kappa shape index (κ2) is 8.17. The van der Waals surface area contributed by atoms with Gasteiger partial charge in [0.2, 0.25) is 11.8 Å². The maximum Gasteiger partial charge on any atom is 0.240 e. The number of nitrogens with two attached hydrogens (primary N) is 1. The lowest BCUT2D eigenvalue weighted by molar-refractivity contribution is -0.136. The Hall–Kier alpha value is -2.28. The van der Waals surface area contributed by atoms with E-state index in [-0.39, 0.29) is 12.3 Å². The van der Waals surface area contributed by atoms with Crippen LogP contribution in [0.1, 0.15) is 55.4 Å². The van der Waals surface area contributed by atoms with Crippen molar-refractivity contribution < 1.29 is 9.59 Å². The van der Waals surface area contributed by atoms with E-state index in [1.54, 1.807) is 4.90 Å². The summed E-state index contributed by atoms with van der Waals surface area (Å²) in [7, 11) is 0. The molecular weight excluding hydrogens is 360 g/mol. The minimum absolute atomic E-state index is 0.0772. The van der Waals surface area contributed by atoms with Gasteiger partial charge < -0.3 is 10.6 Å². The predicted octanol–water partition coefficient (Wildman–Crippen LogP) is 3.05. The summed E-state index contributed by atoms with van der Waals surface area (Å²) in [5.74, 6) is -0.0991. The molecule has 1 unspecified atom stereocenters. The summed E-state index contributed by atoms with van der Waals surface area (Å²) < 4.78 is 0. The number of aryl methyl sites for hydroxylation is 1. The second-order valence-corrected chi connectivity index (χ2v) is 8.21. The van der Waals surface area contributed by atoms with Gasteiger partial charge in [-0.05, 0) is 49.8 Å². The summed E-state index contributed by atoms with van der Waals surface area (Å²) in [5, 5.41) is 0.768. The highest BCUT2D eigenvalue weighted by Crippen LogP contribution is 2.32. The van der Waals surface area contributed by atoms with Gasteiger partial charge in [0.15, 0.2) is 0 Å².